The van der Waals surface area contributed by atoms with Crippen LogP contribution in [0.3, 0.4) is 0 Å². The summed E-state index contributed by atoms with van der Waals surface area (Å²) in [5.74, 6) is -0.187. The zero-order chi connectivity index (χ0) is 11.5. The number of fused-ring (bicyclic) bond motifs is 1. The van der Waals surface area contributed by atoms with E-state index in [1.54, 1.807) is 0 Å². The molecular formula is C14H14O2. The van der Waals surface area contributed by atoms with Crippen LogP contribution in [0.2, 0.25) is 0 Å². The van der Waals surface area contributed by atoms with Gasteiger partial charge in [0, 0.05) is 6.42 Å². The molecule has 0 heterocycles. The van der Waals surface area contributed by atoms with Gasteiger partial charge in [-0.1, -0.05) is 42.5 Å². The molecule has 0 saturated heterocycles. The van der Waals surface area contributed by atoms with Gasteiger partial charge < -0.3 is 5.11 Å². The number of carbonyl (C=O) groups is 1. The Morgan fingerprint density at radius 3 is 2.62 bits per heavy atom. The summed E-state index contributed by atoms with van der Waals surface area (Å²) >= 11 is 0. The highest BCUT2D eigenvalue weighted by atomic mass is 16.3. The van der Waals surface area contributed by atoms with E-state index in [2.05, 4.69) is 0 Å². The van der Waals surface area contributed by atoms with Gasteiger partial charge in [0.25, 0.3) is 0 Å². The highest BCUT2D eigenvalue weighted by Crippen LogP contribution is 2.19. The van der Waals surface area contributed by atoms with Crippen LogP contribution in [0.1, 0.15) is 12.5 Å². The SMILES string of the molecule is CC(=O)C(O)Cc1cccc2ccccc12. The second-order valence-electron chi connectivity index (χ2n) is 3.97. The Bertz CT molecular complexity index is 512. The third-order valence-corrected chi connectivity index (χ3v) is 2.76. The van der Waals surface area contributed by atoms with Gasteiger partial charge in [0.15, 0.2) is 5.78 Å². The zero-order valence-corrected chi connectivity index (χ0v) is 9.18. The molecule has 2 rings (SSSR count). The second-order valence-corrected chi connectivity index (χ2v) is 3.97. The molecule has 0 saturated carbocycles. The van der Waals surface area contributed by atoms with Gasteiger partial charge >= 0.3 is 0 Å². The summed E-state index contributed by atoms with van der Waals surface area (Å²) in [5, 5.41) is 11.8. The fourth-order valence-electron chi connectivity index (χ4n) is 1.82. The molecule has 82 valence electrons. The predicted molar refractivity (Wildman–Crippen MR) is 64.3 cm³/mol. The predicted octanol–water partition coefficient (Wildman–Crippen LogP) is 2.33. The van der Waals surface area contributed by atoms with Crippen LogP contribution < -0.4 is 0 Å². The first-order chi connectivity index (χ1) is 7.68. The van der Waals surface area contributed by atoms with Crippen LogP contribution in [-0.4, -0.2) is 17.0 Å². The first kappa shape index (κ1) is 10.8. The largest absolute Gasteiger partial charge is 0.385 e. The van der Waals surface area contributed by atoms with Crippen LogP contribution in [0.5, 0.6) is 0 Å². The van der Waals surface area contributed by atoms with Gasteiger partial charge in [-0.05, 0) is 23.3 Å². The number of benzene rings is 2. The first-order valence-corrected chi connectivity index (χ1v) is 5.33. The quantitative estimate of drug-likeness (QED) is 0.851. The standard InChI is InChI=1S/C14H14O2/c1-10(15)14(16)9-12-7-4-6-11-5-2-3-8-13(11)12/h2-8,14,16H,9H2,1H3. The highest BCUT2D eigenvalue weighted by Gasteiger charge is 2.11. The van der Waals surface area contributed by atoms with Gasteiger partial charge in [-0.3, -0.25) is 4.79 Å². The monoisotopic (exact) mass is 214 g/mol. The van der Waals surface area contributed by atoms with Crippen molar-refractivity contribution >= 4 is 16.6 Å². The maximum atomic E-state index is 11.0. The molecule has 2 aromatic carbocycles. The fraction of sp³-hybridized carbons (Fsp3) is 0.214. The van der Waals surface area contributed by atoms with Crippen LogP contribution in [0.25, 0.3) is 10.8 Å². The van der Waals surface area contributed by atoms with Gasteiger partial charge in [-0.25, -0.2) is 0 Å². The van der Waals surface area contributed by atoms with Gasteiger partial charge in [-0.2, -0.15) is 0 Å². The van der Waals surface area contributed by atoms with Crippen molar-refractivity contribution in [3.8, 4) is 0 Å². The summed E-state index contributed by atoms with van der Waals surface area (Å²) < 4.78 is 0. The molecule has 0 aliphatic rings. The number of Topliss-reactive ketones (excluding diaryl/α,β-unsaturated/α-hetero) is 1. The van der Waals surface area contributed by atoms with Crippen molar-refractivity contribution in [1.82, 2.24) is 0 Å². The van der Waals surface area contributed by atoms with E-state index < -0.39 is 6.10 Å². The Kier molecular flexibility index (Phi) is 3.02. The molecular weight excluding hydrogens is 200 g/mol. The van der Waals surface area contributed by atoms with Crippen molar-refractivity contribution in [2.45, 2.75) is 19.4 Å². The maximum absolute atomic E-state index is 11.0. The number of aliphatic hydroxyl groups excluding tert-OH is 1. The lowest BCUT2D eigenvalue weighted by atomic mass is 9.99. The Morgan fingerprint density at radius 2 is 1.88 bits per heavy atom. The zero-order valence-electron chi connectivity index (χ0n) is 9.18. The number of aliphatic hydroxyl groups is 1. The lowest BCUT2D eigenvalue weighted by molar-refractivity contribution is -0.124. The van der Waals surface area contributed by atoms with E-state index in [1.807, 2.05) is 42.5 Å². The first-order valence-electron chi connectivity index (χ1n) is 5.33. The summed E-state index contributed by atoms with van der Waals surface area (Å²) in [5.41, 5.74) is 1.01. The van der Waals surface area contributed by atoms with E-state index in [9.17, 15) is 9.90 Å². The van der Waals surface area contributed by atoms with E-state index in [0.717, 1.165) is 16.3 Å². The van der Waals surface area contributed by atoms with Crippen LogP contribution in [0, 0.1) is 0 Å². The fourth-order valence-corrected chi connectivity index (χ4v) is 1.82. The Morgan fingerprint density at radius 1 is 1.19 bits per heavy atom. The summed E-state index contributed by atoms with van der Waals surface area (Å²) in [6.45, 7) is 1.41. The average Bonchev–Trinajstić information content (AvgIpc) is 2.29. The third kappa shape index (κ3) is 2.12. The maximum Gasteiger partial charge on any atom is 0.158 e. The van der Waals surface area contributed by atoms with Crippen molar-refractivity contribution in [2.24, 2.45) is 0 Å². The molecule has 1 atom stereocenters. The molecule has 2 heteroatoms. The summed E-state index contributed by atoms with van der Waals surface area (Å²) in [4.78, 5) is 11.0. The van der Waals surface area contributed by atoms with Crippen molar-refractivity contribution in [3.05, 3.63) is 48.0 Å². The van der Waals surface area contributed by atoms with Crippen LogP contribution in [0.4, 0.5) is 0 Å². The van der Waals surface area contributed by atoms with E-state index in [-0.39, 0.29) is 5.78 Å². The molecule has 0 radical (unpaired) electrons. The number of rotatable bonds is 3. The molecule has 0 aliphatic heterocycles. The topological polar surface area (TPSA) is 37.3 Å². The molecule has 0 bridgehead atoms. The van der Waals surface area contributed by atoms with Gasteiger partial charge in [0.2, 0.25) is 0 Å². The van der Waals surface area contributed by atoms with Crippen molar-refractivity contribution < 1.29 is 9.90 Å². The minimum atomic E-state index is -0.897. The van der Waals surface area contributed by atoms with E-state index in [0.29, 0.717) is 6.42 Å². The summed E-state index contributed by atoms with van der Waals surface area (Å²) in [6.07, 6.45) is -0.512. The third-order valence-electron chi connectivity index (χ3n) is 2.76. The highest BCUT2D eigenvalue weighted by molar-refractivity contribution is 5.87. The molecule has 0 spiro atoms. The van der Waals surface area contributed by atoms with Crippen molar-refractivity contribution in [3.63, 3.8) is 0 Å². The summed E-state index contributed by atoms with van der Waals surface area (Å²) in [6, 6.07) is 13.9. The average molecular weight is 214 g/mol. The molecule has 16 heavy (non-hydrogen) atoms. The lowest BCUT2D eigenvalue weighted by Gasteiger charge is -2.09. The van der Waals surface area contributed by atoms with Crippen LogP contribution >= 0.6 is 0 Å². The molecule has 1 N–H and O–H groups in total. The normalized spacial score (nSPS) is 12.6. The minimum Gasteiger partial charge on any atom is -0.385 e. The van der Waals surface area contributed by atoms with Gasteiger partial charge in [0.1, 0.15) is 6.10 Å². The van der Waals surface area contributed by atoms with E-state index in [4.69, 9.17) is 0 Å². The van der Waals surface area contributed by atoms with E-state index >= 15 is 0 Å². The van der Waals surface area contributed by atoms with E-state index in [1.165, 1.54) is 6.92 Å². The number of hydrogen-bond acceptors (Lipinski definition) is 2. The Labute approximate surface area is 94.5 Å². The number of ketones is 1. The Hall–Kier alpha value is -1.67. The van der Waals surface area contributed by atoms with Crippen LogP contribution in [0.15, 0.2) is 42.5 Å². The van der Waals surface area contributed by atoms with Gasteiger partial charge in [-0.15, -0.1) is 0 Å². The van der Waals surface area contributed by atoms with Gasteiger partial charge in [0.05, 0.1) is 0 Å². The molecule has 2 nitrogen and oxygen atoms in total. The van der Waals surface area contributed by atoms with Crippen molar-refractivity contribution in [1.29, 1.82) is 0 Å². The molecule has 0 aromatic heterocycles. The molecule has 2 aromatic rings. The number of hydrogen-bond donors (Lipinski definition) is 1. The smallest absolute Gasteiger partial charge is 0.158 e. The molecule has 1 unspecified atom stereocenters. The van der Waals surface area contributed by atoms with Crippen LogP contribution in [-0.2, 0) is 11.2 Å². The summed E-state index contributed by atoms with van der Waals surface area (Å²) in [7, 11) is 0. The molecule has 0 fully saturated rings. The second kappa shape index (κ2) is 4.45. The Balaban J connectivity index is 2.41. The lowest BCUT2D eigenvalue weighted by Crippen LogP contribution is -2.19. The minimum absolute atomic E-state index is 0.187. The number of carbonyl (C=O) groups excluding carboxylic acids is 1. The molecule has 0 amide bonds. The molecule has 0 aliphatic carbocycles. The van der Waals surface area contributed by atoms with Crippen molar-refractivity contribution in [2.75, 3.05) is 0 Å².